The van der Waals surface area contributed by atoms with Crippen molar-refractivity contribution >= 4 is 23.5 Å². The van der Waals surface area contributed by atoms with E-state index in [1.165, 1.54) is 6.07 Å². The highest BCUT2D eigenvalue weighted by molar-refractivity contribution is 6.08. The minimum atomic E-state index is -1.04. The summed E-state index contributed by atoms with van der Waals surface area (Å²) in [6.07, 6.45) is 0. The molecule has 0 spiro atoms. The average Bonchev–Trinajstić information content (AvgIpc) is 2.79. The third-order valence-corrected chi connectivity index (χ3v) is 5.79. The van der Waals surface area contributed by atoms with Gasteiger partial charge in [-0.25, -0.2) is 9.38 Å². The summed E-state index contributed by atoms with van der Waals surface area (Å²) in [7, 11) is 0. The number of hydrogen-bond acceptors (Lipinski definition) is 6. The summed E-state index contributed by atoms with van der Waals surface area (Å²) in [6.45, 7) is 6.18. The Balaban J connectivity index is 1.57. The normalized spacial score (nSPS) is 21.1. The molecule has 1 amide bonds. The molecule has 2 aromatic carbocycles. The number of esters is 1. The van der Waals surface area contributed by atoms with Crippen LogP contribution < -0.4 is 10.2 Å². The van der Waals surface area contributed by atoms with Gasteiger partial charge in [-0.15, -0.1) is 0 Å². The van der Waals surface area contributed by atoms with Crippen LogP contribution >= 0.6 is 0 Å². The Morgan fingerprint density at radius 2 is 1.84 bits per heavy atom. The zero-order valence-corrected chi connectivity index (χ0v) is 18.3. The number of aryl methyl sites for hydroxylation is 1. The number of carbonyl (C=O) groups is 2. The molecule has 0 radical (unpaired) electrons. The fourth-order valence-electron chi connectivity index (χ4n) is 4.19. The summed E-state index contributed by atoms with van der Waals surface area (Å²) in [6, 6.07) is 13.7. The van der Waals surface area contributed by atoms with Gasteiger partial charge in [0, 0.05) is 26.2 Å². The number of piperazine rings is 1. The van der Waals surface area contributed by atoms with Gasteiger partial charge in [0.05, 0.1) is 12.3 Å². The van der Waals surface area contributed by atoms with Crippen molar-refractivity contribution < 1.29 is 18.7 Å². The molecule has 2 aliphatic rings. The maximum atomic E-state index is 14.2. The van der Waals surface area contributed by atoms with Crippen molar-refractivity contribution in [2.75, 3.05) is 37.7 Å². The molecule has 7 nitrogen and oxygen atoms in total. The molecular weight excluding hydrogens is 411 g/mol. The first-order valence-electron chi connectivity index (χ1n) is 10.8. The number of aliphatic imine (C=N–C) groups is 1. The van der Waals surface area contributed by atoms with Crippen LogP contribution in [0.5, 0.6) is 0 Å². The predicted molar refractivity (Wildman–Crippen MR) is 120 cm³/mol. The highest BCUT2D eigenvalue weighted by Gasteiger charge is 2.42. The van der Waals surface area contributed by atoms with Crippen LogP contribution in [0, 0.1) is 18.7 Å². The molecule has 4 rings (SSSR count). The Kier molecular flexibility index (Phi) is 6.39. The van der Waals surface area contributed by atoms with E-state index in [-0.39, 0.29) is 12.4 Å². The molecule has 2 aliphatic heterocycles. The van der Waals surface area contributed by atoms with Gasteiger partial charge in [0.2, 0.25) is 11.9 Å². The van der Waals surface area contributed by atoms with E-state index >= 15 is 0 Å². The van der Waals surface area contributed by atoms with E-state index in [1.54, 1.807) is 19.1 Å². The van der Waals surface area contributed by atoms with Crippen molar-refractivity contribution in [3.8, 4) is 0 Å². The molecule has 32 heavy (non-hydrogen) atoms. The topological polar surface area (TPSA) is 74.2 Å². The fraction of sp³-hybridized carbons (Fsp3) is 0.375. The summed E-state index contributed by atoms with van der Waals surface area (Å²) < 4.78 is 19.3. The summed E-state index contributed by atoms with van der Waals surface area (Å²) in [5.74, 6) is -1.85. The van der Waals surface area contributed by atoms with Gasteiger partial charge in [0.25, 0.3) is 0 Å². The van der Waals surface area contributed by atoms with E-state index in [9.17, 15) is 14.0 Å². The maximum absolute atomic E-state index is 14.2. The summed E-state index contributed by atoms with van der Waals surface area (Å²) in [5.41, 5.74) is 2.38. The maximum Gasteiger partial charge on any atom is 0.321 e. The molecule has 2 aromatic rings. The first kappa shape index (κ1) is 21.8. The Labute approximate surface area is 186 Å². The second-order valence-electron chi connectivity index (χ2n) is 7.96. The number of amides is 1. The van der Waals surface area contributed by atoms with Crippen LogP contribution in [-0.4, -0.2) is 55.5 Å². The van der Waals surface area contributed by atoms with Gasteiger partial charge in [-0.1, -0.05) is 42.0 Å². The standard InChI is InChI=1S/C24H27FN4O3/c1-3-32-23(31)20-21(17-8-6-7-16(2)15-17)26-24(27-22(20)30)29-13-11-28(12-14-29)19-10-5-4-9-18(19)25/h4-10,15,20-21H,3,11-14H2,1-2H3,(H,26,27,30)/t20-,21+/m1/s1. The monoisotopic (exact) mass is 438 g/mol. The molecule has 0 aliphatic carbocycles. The SMILES string of the molecule is CCOC(=O)[C@H]1C(=O)NC(N2CCN(c3ccccc3F)CC2)=N[C@H]1c1cccc(C)c1. The number of rotatable bonds is 4. The number of ether oxygens (including phenoxy) is 1. The molecule has 0 bridgehead atoms. The van der Waals surface area contributed by atoms with Crippen LogP contribution in [0.4, 0.5) is 10.1 Å². The number of nitrogens with zero attached hydrogens (tertiary/aromatic N) is 3. The van der Waals surface area contributed by atoms with E-state index in [2.05, 4.69) is 5.32 Å². The highest BCUT2D eigenvalue weighted by Crippen LogP contribution is 2.31. The van der Waals surface area contributed by atoms with E-state index in [4.69, 9.17) is 9.73 Å². The van der Waals surface area contributed by atoms with E-state index < -0.39 is 23.8 Å². The van der Waals surface area contributed by atoms with Gasteiger partial charge in [-0.2, -0.15) is 0 Å². The predicted octanol–water partition coefficient (Wildman–Crippen LogP) is 2.66. The van der Waals surface area contributed by atoms with Gasteiger partial charge in [-0.3, -0.25) is 14.9 Å². The van der Waals surface area contributed by atoms with Crippen LogP contribution in [0.1, 0.15) is 24.1 Å². The molecule has 168 valence electrons. The molecule has 8 heteroatoms. The van der Waals surface area contributed by atoms with Gasteiger partial charge in [-0.05, 0) is 31.5 Å². The minimum absolute atomic E-state index is 0.192. The van der Waals surface area contributed by atoms with Gasteiger partial charge in [0.1, 0.15) is 11.9 Å². The van der Waals surface area contributed by atoms with Crippen LogP contribution in [-0.2, 0) is 14.3 Å². The summed E-state index contributed by atoms with van der Waals surface area (Å²) in [5, 5.41) is 2.80. The molecule has 0 unspecified atom stereocenters. The van der Waals surface area contributed by atoms with Crippen molar-refractivity contribution in [3.05, 3.63) is 65.5 Å². The van der Waals surface area contributed by atoms with Gasteiger partial charge >= 0.3 is 5.97 Å². The number of benzene rings is 2. The first-order valence-corrected chi connectivity index (χ1v) is 10.8. The Hall–Kier alpha value is -3.42. The van der Waals surface area contributed by atoms with Gasteiger partial charge in [0.15, 0.2) is 5.92 Å². The lowest BCUT2D eigenvalue weighted by Gasteiger charge is -2.39. The summed E-state index contributed by atoms with van der Waals surface area (Å²) in [4.78, 5) is 34.3. The molecule has 1 N–H and O–H groups in total. The molecule has 2 atom stereocenters. The zero-order chi connectivity index (χ0) is 22.7. The second-order valence-corrected chi connectivity index (χ2v) is 7.96. The molecule has 0 aromatic heterocycles. The van der Waals surface area contributed by atoms with Crippen molar-refractivity contribution in [3.63, 3.8) is 0 Å². The number of halogens is 1. The van der Waals surface area contributed by atoms with E-state index in [0.29, 0.717) is 37.8 Å². The number of hydrogen-bond donors (Lipinski definition) is 1. The minimum Gasteiger partial charge on any atom is -0.465 e. The highest BCUT2D eigenvalue weighted by atomic mass is 19.1. The van der Waals surface area contributed by atoms with Crippen molar-refractivity contribution in [1.82, 2.24) is 10.2 Å². The fourth-order valence-corrected chi connectivity index (χ4v) is 4.19. The lowest BCUT2D eigenvalue weighted by molar-refractivity contribution is -0.153. The number of para-hydroxylation sites is 1. The quantitative estimate of drug-likeness (QED) is 0.587. The van der Waals surface area contributed by atoms with Crippen LogP contribution in [0.15, 0.2) is 53.5 Å². The van der Waals surface area contributed by atoms with E-state index in [0.717, 1.165) is 11.1 Å². The smallest absolute Gasteiger partial charge is 0.321 e. The number of anilines is 1. The molecule has 1 saturated heterocycles. The largest absolute Gasteiger partial charge is 0.465 e. The third kappa shape index (κ3) is 4.44. The number of nitrogens with one attached hydrogen (secondary N) is 1. The Morgan fingerprint density at radius 1 is 1.12 bits per heavy atom. The zero-order valence-electron chi connectivity index (χ0n) is 18.3. The van der Waals surface area contributed by atoms with Gasteiger partial charge < -0.3 is 14.5 Å². The third-order valence-electron chi connectivity index (χ3n) is 5.79. The lowest BCUT2D eigenvalue weighted by Crippen LogP contribution is -2.57. The first-order chi connectivity index (χ1) is 15.5. The van der Waals surface area contributed by atoms with E-state index in [1.807, 2.05) is 47.1 Å². The molecular formula is C24H27FN4O3. The molecule has 2 heterocycles. The average molecular weight is 439 g/mol. The van der Waals surface area contributed by atoms with Crippen LogP contribution in [0.25, 0.3) is 0 Å². The molecule has 1 fully saturated rings. The Morgan fingerprint density at radius 3 is 2.53 bits per heavy atom. The van der Waals surface area contributed by atoms with Crippen molar-refractivity contribution in [2.45, 2.75) is 19.9 Å². The van der Waals surface area contributed by atoms with Crippen LogP contribution in [0.2, 0.25) is 0 Å². The second kappa shape index (κ2) is 9.38. The Bertz CT molecular complexity index is 1030. The summed E-state index contributed by atoms with van der Waals surface area (Å²) >= 11 is 0. The van der Waals surface area contributed by atoms with Crippen LogP contribution in [0.3, 0.4) is 0 Å². The lowest BCUT2D eigenvalue weighted by atomic mass is 9.90. The molecule has 0 saturated carbocycles. The number of guanidine groups is 1. The van der Waals surface area contributed by atoms with Crippen molar-refractivity contribution in [2.24, 2.45) is 10.9 Å². The number of carbonyl (C=O) groups excluding carboxylic acids is 2. The van der Waals surface area contributed by atoms with Crippen molar-refractivity contribution in [1.29, 1.82) is 0 Å².